The van der Waals surface area contributed by atoms with Gasteiger partial charge in [-0.25, -0.2) is 0 Å². The lowest BCUT2D eigenvalue weighted by Gasteiger charge is -1.99. The third-order valence-electron chi connectivity index (χ3n) is 2.02. The number of benzene rings is 2. The van der Waals surface area contributed by atoms with E-state index in [4.69, 9.17) is 5.73 Å². The summed E-state index contributed by atoms with van der Waals surface area (Å²) in [6.45, 7) is 0. The second kappa shape index (κ2) is 2.90. The Morgan fingerprint density at radius 3 is 2.46 bits per heavy atom. The van der Waals surface area contributed by atoms with Gasteiger partial charge in [0.15, 0.2) is 0 Å². The molecule has 2 nitrogen and oxygen atoms in total. The first-order chi connectivity index (χ1) is 6.29. The normalized spacial score (nSPS) is 10.2. The average Bonchev–Trinajstić information content (AvgIpc) is 2.17. The highest BCUT2D eigenvalue weighted by Gasteiger charge is 1.95. The number of aldehydes is 1. The Labute approximate surface area is 76.0 Å². The van der Waals surface area contributed by atoms with Gasteiger partial charge in [-0.05, 0) is 29.0 Å². The van der Waals surface area contributed by atoms with E-state index in [1.54, 1.807) is 6.07 Å². The monoisotopic (exact) mass is 171 g/mol. The summed E-state index contributed by atoms with van der Waals surface area (Å²) >= 11 is 0. The second-order valence-corrected chi connectivity index (χ2v) is 2.98. The number of fused-ring (bicyclic) bond motifs is 1. The molecule has 0 aliphatic rings. The van der Waals surface area contributed by atoms with Crippen LogP contribution < -0.4 is 5.73 Å². The number of hydrogen-bond donors (Lipinski definition) is 1. The number of nitrogen functional groups attached to an aromatic ring is 1. The molecule has 0 spiro atoms. The first-order valence-electron chi connectivity index (χ1n) is 4.04. The van der Waals surface area contributed by atoms with Crippen molar-refractivity contribution in [2.75, 3.05) is 5.73 Å². The van der Waals surface area contributed by atoms with Crippen molar-refractivity contribution in [1.29, 1.82) is 0 Å². The number of rotatable bonds is 1. The van der Waals surface area contributed by atoms with E-state index in [1.165, 1.54) is 0 Å². The maximum atomic E-state index is 10.5. The minimum absolute atomic E-state index is 0.692. The summed E-state index contributed by atoms with van der Waals surface area (Å²) < 4.78 is 0. The molecule has 0 heterocycles. The van der Waals surface area contributed by atoms with Gasteiger partial charge in [0, 0.05) is 11.3 Å². The molecule has 0 aliphatic carbocycles. The van der Waals surface area contributed by atoms with E-state index in [2.05, 4.69) is 0 Å². The maximum absolute atomic E-state index is 10.5. The summed E-state index contributed by atoms with van der Waals surface area (Å²) in [5.41, 5.74) is 7.06. The highest BCUT2D eigenvalue weighted by atomic mass is 16.1. The molecule has 13 heavy (non-hydrogen) atoms. The van der Waals surface area contributed by atoms with Crippen LogP contribution in [0.5, 0.6) is 0 Å². The largest absolute Gasteiger partial charge is 0.399 e. The molecular weight excluding hydrogens is 162 g/mol. The SMILES string of the molecule is Nc1ccc2cc(C=O)ccc2c1. The van der Waals surface area contributed by atoms with E-state index < -0.39 is 0 Å². The Morgan fingerprint density at radius 2 is 1.69 bits per heavy atom. The highest BCUT2D eigenvalue weighted by Crippen LogP contribution is 2.18. The lowest BCUT2D eigenvalue weighted by molar-refractivity contribution is 0.112. The van der Waals surface area contributed by atoms with Gasteiger partial charge in [-0.2, -0.15) is 0 Å². The maximum Gasteiger partial charge on any atom is 0.150 e. The van der Waals surface area contributed by atoms with Gasteiger partial charge >= 0.3 is 0 Å². The molecule has 0 amide bonds. The average molecular weight is 171 g/mol. The van der Waals surface area contributed by atoms with Crippen molar-refractivity contribution in [3.8, 4) is 0 Å². The third kappa shape index (κ3) is 1.38. The van der Waals surface area contributed by atoms with Gasteiger partial charge in [0.1, 0.15) is 6.29 Å². The van der Waals surface area contributed by atoms with Crippen LogP contribution in [0, 0.1) is 0 Å². The van der Waals surface area contributed by atoms with Gasteiger partial charge in [0.05, 0.1) is 0 Å². The zero-order chi connectivity index (χ0) is 9.26. The van der Waals surface area contributed by atoms with Crippen molar-refractivity contribution in [1.82, 2.24) is 0 Å². The van der Waals surface area contributed by atoms with Crippen LogP contribution in [-0.2, 0) is 0 Å². The molecule has 0 saturated heterocycles. The van der Waals surface area contributed by atoms with Gasteiger partial charge in [-0.1, -0.05) is 18.2 Å². The topological polar surface area (TPSA) is 43.1 Å². The highest BCUT2D eigenvalue weighted by molar-refractivity contribution is 5.90. The lowest BCUT2D eigenvalue weighted by atomic mass is 10.1. The second-order valence-electron chi connectivity index (χ2n) is 2.98. The molecule has 2 heteroatoms. The minimum atomic E-state index is 0.692. The molecule has 0 radical (unpaired) electrons. The summed E-state index contributed by atoms with van der Waals surface area (Å²) in [4.78, 5) is 10.5. The van der Waals surface area contributed by atoms with Crippen molar-refractivity contribution in [3.05, 3.63) is 42.0 Å². The van der Waals surface area contributed by atoms with Gasteiger partial charge in [0.25, 0.3) is 0 Å². The smallest absolute Gasteiger partial charge is 0.150 e. The van der Waals surface area contributed by atoms with Crippen LogP contribution in [0.1, 0.15) is 10.4 Å². The number of hydrogen-bond acceptors (Lipinski definition) is 2. The van der Waals surface area contributed by atoms with Gasteiger partial charge in [0.2, 0.25) is 0 Å². The fourth-order valence-corrected chi connectivity index (χ4v) is 1.36. The van der Waals surface area contributed by atoms with Crippen LogP contribution in [0.3, 0.4) is 0 Å². The molecule has 2 aromatic carbocycles. The van der Waals surface area contributed by atoms with E-state index in [1.807, 2.05) is 30.3 Å². The lowest BCUT2D eigenvalue weighted by Crippen LogP contribution is -1.85. The Morgan fingerprint density at radius 1 is 1.00 bits per heavy atom. The van der Waals surface area contributed by atoms with Crippen LogP contribution >= 0.6 is 0 Å². The molecule has 64 valence electrons. The quantitative estimate of drug-likeness (QED) is 0.528. The molecule has 0 unspecified atom stereocenters. The molecular formula is C11H9NO. The summed E-state index contributed by atoms with van der Waals surface area (Å²) in [6.07, 6.45) is 0.843. The predicted octanol–water partition coefficient (Wildman–Crippen LogP) is 2.23. The molecule has 0 atom stereocenters. The van der Waals surface area contributed by atoms with Gasteiger partial charge in [-0.15, -0.1) is 0 Å². The predicted molar refractivity (Wildman–Crippen MR) is 53.7 cm³/mol. The summed E-state index contributed by atoms with van der Waals surface area (Å²) in [5.74, 6) is 0. The van der Waals surface area contributed by atoms with E-state index in [9.17, 15) is 4.79 Å². The van der Waals surface area contributed by atoms with Gasteiger partial charge < -0.3 is 5.73 Å². The number of anilines is 1. The van der Waals surface area contributed by atoms with E-state index in [0.29, 0.717) is 5.56 Å². The van der Waals surface area contributed by atoms with E-state index in [-0.39, 0.29) is 0 Å². The number of carbonyl (C=O) groups is 1. The van der Waals surface area contributed by atoms with Crippen molar-refractivity contribution < 1.29 is 4.79 Å². The summed E-state index contributed by atoms with van der Waals surface area (Å²) in [5, 5.41) is 2.10. The molecule has 0 aliphatic heterocycles. The molecule has 2 rings (SSSR count). The van der Waals surface area contributed by atoms with E-state index >= 15 is 0 Å². The molecule has 0 aromatic heterocycles. The van der Waals surface area contributed by atoms with Crippen LogP contribution in [0.15, 0.2) is 36.4 Å². The number of carbonyl (C=O) groups excluding carboxylic acids is 1. The molecule has 0 fully saturated rings. The molecule has 2 aromatic rings. The van der Waals surface area contributed by atoms with Crippen molar-refractivity contribution in [2.24, 2.45) is 0 Å². The van der Waals surface area contributed by atoms with Crippen molar-refractivity contribution in [3.63, 3.8) is 0 Å². The molecule has 0 bridgehead atoms. The van der Waals surface area contributed by atoms with Crippen molar-refractivity contribution >= 4 is 22.7 Å². The van der Waals surface area contributed by atoms with Gasteiger partial charge in [-0.3, -0.25) is 4.79 Å². The van der Waals surface area contributed by atoms with Crippen LogP contribution in [-0.4, -0.2) is 6.29 Å². The van der Waals surface area contributed by atoms with E-state index in [0.717, 1.165) is 22.7 Å². The van der Waals surface area contributed by atoms with Crippen LogP contribution in [0.4, 0.5) is 5.69 Å². The standard InChI is InChI=1S/C11H9NO/c12-11-4-3-9-5-8(7-13)1-2-10(9)6-11/h1-7H,12H2. The molecule has 2 N–H and O–H groups in total. The van der Waals surface area contributed by atoms with Crippen molar-refractivity contribution in [2.45, 2.75) is 0 Å². The Bertz CT molecular complexity index is 463. The van der Waals surface area contributed by atoms with Crippen LogP contribution in [0.25, 0.3) is 10.8 Å². The molecule has 0 saturated carbocycles. The summed E-state index contributed by atoms with van der Waals surface area (Å²) in [7, 11) is 0. The Balaban J connectivity index is 2.73. The Hall–Kier alpha value is -1.83. The third-order valence-corrected chi connectivity index (χ3v) is 2.02. The zero-order valence-corrected chi connectivity index (χ0v) is 7.03. The fourth-order valence-electron chi connectivity index (χ4n) is 1.36. The first-order valence-corrected chi connectivity index (χ1v) is 4.04. The fraction of sp³-hybridized carbons (Fsp3) is 0. The van der Waals surface area contributed by atoms with Crippen LogP contribution in [0.2, 0.25) is 0 Å². The Kier molecular flexibility index (Phi) is 1.74. The zero-order valence-electron chi connectivity index (χ0n) is 7.03. The minimum Gasteiger partial charge on any atom is -0.399 e. The first kappa shape index (κ1) is 7.80. The summed E-state index contributed by atoms with van der Waals surface area (Å²) in [6, 6.07) is 11.2. The number of nitrogens with two attached hydrogens (primary N) is 1.